The lowest BCUT2D eigenvalue weighted by Gasteiger charge is -1.87. The van der Waals surface area contributed by atoms with Crippen LogP contribution in [0.15, 0.2) is 16.5 Å². The second kappa shape index (κ2) is 5.10. The Morgan fingerprint density at radius 1 is 1.64 bits per heavy atom. The summed E-state index contributed by atoms with van der Waals surface area (Å²) in [5.41, 5.74) is 0. The van der Waals surface area contributed by atoms with E-state index in [1.54, 1.807) is 6.07 Å². The first-order valence-corrected chi connectivity index (χ1v) is 4.20. The number of nitrogens with one attached hydrogen (secondary N) is 1. The molecule has 0 atom stereocenters. The van der Waals surface area contributed by atoms with Gasteiger partial charge in [-0.15, -0.1) is 0 Å². The third-order valence-electron chi connectivity index (χ3n) is 1.53. The van der Waals surface area contributed by atoms with E-state index < -0.39 is 5.97 Å². The summed E-state index contributed by atoms with van der Waals surface area (Å²) in [6.07, 6.45) is 0.708. The Kier molecular flexibility index (Phi) is 3.77. The first-order chi connectivity index (χ1) is 6.74. The number of hydrogen-bond donors (Lipinski definition) is 2. The number of carboxylic acid groups (broad SMARTS) is 1. The predicted molar refractivity (Wildman–Crippen MR) is 51.1 cm³/mol. The minimum Gasteiger partial charge on any atom is -0.475 e. The first-order valence-electron chi connectivity index (χ1n) is 4.20. The zero-order chi connectivity index (χ0) is 10.4. The van der Waals surface area contributed by atoms with E-state index in [4.69, 9.17) is 9.52 Å². The van der Waals surface area contributed by atoms with Gasteiger partial charge < -0.3 is 14.8 Å². The molecule has 4 nitrogen and oxygen atoms in total. The van der Waals surface area contributed by atoms with Gasteiger partial charge in [-0.3, -0.25) is 0 Å². The number of carbonyl (C=O) groups is 1. The van der Waals surface area contributed by atoms with Gasteiger partial charge in [0.1, 0.15) is 0 Å². The molecule has 1 rings (SSSR count). The number of furan rings is 1. The van der Waals surface area contributed by atoms with E-state index in [2.05, 4.69) is 17.2 Å². The fourth-order valence-corrected chi connectivity index (χ4v) is 0.857. The number of rotatable bonds is 3. The maximum Gasteiger partial charge on any atom is 0.371 e. The largest absolute Gasteiger partial charge is 0.475 e. The summed E-state index contributed by atoms with van der Waals surface area (Å²) in [7, 11) is 1.84. The molecule has 0 bridgehead atoms. The zero-order valence-corrected chi connectivity index (χ0v) is 7.83. The van der Waals surface area contributed by atoms with Crippen molar-refractivity contribution in [3.63, 3.8) is 0 Å². The summed E-state index contributed by atoms with van der Waals surface area (Å²) in [4.78, 5) is 10.4. The SMILES string of the molecule is CNCCC#Cc1ccc(C(=O)O)o1. The Hall–Kier alpha value is -1.73. The molecule has 0 aliphatic carbocycles. The van der Waals surface area contributed by atoms with Crippen LogP contribution in [0.2, 0.25) is 0 Å². The van der Waals surface area contributed by atoms with Crippen LogP contribution in [0, 0.1) is 11.8 Å². The van der Waals surface area contributed by atoms with Crippen LogP contribution < -0.4 is 5.32 Å². The van der Waals surface area contributed by atoms with Crippen molar-refractivity contribution in [1.29, 1.82) is 0 Å². The Morgan fingerprint density at radius 2 is 2.43 bits per heavy atom. The predicted octanol–water partition coefficient (Wildman–Crippen LogP) is 0.939. The topological polar surface area (TPSA) is 62.5 Å². The van der Waals surface area contributed by atoms with E-state index in [-0.39, 0.29) is 5.76 Å². The lowest BCUT2D eigenvalue weighted by Crippen LogP contribution is -2.05. The molecule has 2 N–H and O–H groups in total. The van der Waals surface area contributed by atoms with Crippen molar-refractivity contribution in [3.05, 3.63) is 23.7 Å². The molecule has 0 radical (unpaired) electrons. The fraction of sp³-hybridized carbons (Fsp3) is 0.300. The zero-order valence-electron chi connectivity index (χ0n) is 7.83. The van der Waals surface area contributed by atoms with E-state index in [0.29, 0.717) is 12.2 Å². The lowest BCUT2D eigenvalue weighted by atomic mass is 10.4. The highest BCUT2D eigenvalue weighted by Crippen LogP contribution is 2.05. The number of hydrogen-bond acceptors (Lipinski definition) is 3. The van der Waals surface area contributed by atoms with Crippen LogP contribution in [0.25, 0.3) is 0 Å². The van der Waals surface area contributed by atoms with Crippen molar-refractivity contribution in [2.75, 3.05) is 13.6 Å². The highest BCUT2D eigenvalue weighted by Gasteiger charge is 2.06. The van der Waals surface area contributed by atoms with E-state index in [9.17, 15) is 4.79 Å². The van der Waals surface area contributed by atoms with Crippen LogP contribution in [-0.2, 0) is 0 Å². The Bertz CT molecular complexity index is 370. The normalized spacial score (nSPS) is 9.21. The molecule has 14 heavy (non-hydrogen) atoms. The summed E-state index contributed by atoms with van der Waals surface area (Å²) in [5, 5.41) is 11.5. The molecule has 0 saturated carbocycles. The average Bonchev–Trinajstić information content (AvgIpc) is 2.61. The minimum atomic E-state index is -1.08. The molecule has 0 unspecified atom stereocenters. The molecule has 0 spiro atoms. The van der Waals surface area contributed by atoms with Gasteiger partial charge in [0.2, 0.25) is 5.76 Å². The van der Waals surface area contributed by atoms with Crippen LogP contribution in [0.4, 0.5) is 0 Å². The maximum atomic E-state index is 10.4. The lowest BCUT2D eigenvalue weighted by molar-refractivity contribution is 0.0662. The van der Waals surface area contributed by atoms with E-state index in [0.717, 1.165) is 6.54 Å². The van der Waals surface area contributed by atoms with Gasteiger partial charge >= 0.3 is 5.97 Å². The second-order valence-corrected chi connectivity index (χ2v) is 2.62. The first kappa shape index (κ1) is 10.4. The van der Waals surface area contributed by atoms with Crippen molar-refractivity contribution in [2.45, 2.75) is 6.42 Å². The molecular formula is C10H11NO3. The smallest absolute Gasteiger partial charge is 0.371 e. The number of aromatic carboxylic acids is 1. The minimum absolute atomic E-state index is 0.0806. The van der Waals surface area contributed by atoms with E-state index in [1.165, 1.54) is 6.07 Å². The Morgan fingerprint density at radius 3 is 3.00 bits per heavy atom. The van der Waals surface area contributed by atoms with E-state index in [1.807, 2.05) is 7.05 Å². The highest BCUT2D eigenvalue weighted by atomic mass is 16.4. The quantitative estimate of drug-likeness (QED) is 0.554. The van der Waals surface area contributed by atoms with Gasteiger partial charge in [-0.2, -0.15) is 0 Å². The molecule has 1 aromatic heterocycles. The van der Waals surface area contributed by atoms with Gasteiger partial charge in [0, 0.05) is 13.0 Å². The molecule has 0 aliphatic heterocycles. The third kappa shape index (κ3) is 2.96. The molecule has 0 amide bonds. The molecule has 0 aromatic carbocycles. The summed E-state index contributed by atoms with van der Waals surface area (Å²) in [6, 6.07) is 2.94. The number of carboxylic acids is 1. The molecule has 0 saturated heterocycles. The standard InChI is InChI=1S/C10H11NO3/c1-11-7-3-2-4-8-5-6-9(14-8)10(12)13/h5-6,11H,3,7H2,1H3,(H,12,13). The molecule has 1 heterocycles. The van der Waals surface area contributed by atoms with Crippen LogP contribution in [0.3, 0.4) is 0 Å². The third-order valence-corrected chi connectivity index (χ3v) is 1.53. The summed E-state index contributed by atoms with van der Waals surface area (Å²) >= 11 is 0. The highest BCUT2D eigenvalue weighted by molar-refractivity contribution is 5.84. The Balaban J connectivity index is 2.58. The second-order valence-electron chi connectivity index (χ2n) is 2.62. The monoisotopic (exact) mass is 193 g/mol. The van der Waals surface area contributed by atoms with Crippen molar-refractivity contribution >= 4 is 5.97 Å². The van der Waals surface area contributed by atoms with Crippen LogP contribution >= 0.6 is 0 Å². The molecule has 1 aromatic rings. The molecule has 0 aliphatic rings. The van der Waals surface area contributed by atoms with Crippen LogP contribution in [-0.4, -0.2) is 24.7 Å². The summed E-state index contributed by atoms with van der Waals surface area (Å²) < 4.78 is 4.93. The van der Waals surface area contributed by atoms with E-state index >= 15 is 0 Å². The van der Waals surface area contributed by atoms with Crippen LogP contribution in [0.1, 0.15) is 22.7 Å². The van der Waals surface area contributed by atoms with Crippen molar-refractivity contribution in [1.82, 2.24) is 5.32 Å². The van der Waals surface area contributed by atoms with Crippen molar-refractivity contribution in [3.8, 4) is 11.8 Å². The fourth-order valence-electron chi connectivity index (χ4n) is 0.857. The van der Waals surface area contributed by atoms with Gasteiger partial charge in [0.15, 0.2) is 5.76 Å². The molecule has 74 valence electrons. The molecule has 0 fully saturated rings. The summed E-state index contributed by atoms with van der Waals surface area (Å²) in [6.45, 7) is 0.805. The average molecular weight is 193 g/mol. The van der Waals surface area contributed by atoms with Gasteiger partial charge in [-0.05, 0) is 25.1 Å². The van der Waals surface area contributed by atoms with Crippen LogP contribution in [0.5, 0.6) is 0 Å². The maximum absolute atomic E-state index is 10.4. The van der Waals surface area contributed by atoms with Gasteiger partial charge in [-0.1, -0.05) is 5.92 Å². The van der Waals surface area contributed by atoms with Gasteiger partial charge in [-0.25, -0.2) is 4.79 Å². The summed E-state index contributed by atoms with van der Waals surface area (Å²) in [5.74, 6) is 4.82. The van der Waals surface area contributed by atoms with Crippen molar-refractivity contribution in [2.24, 2.45) is 0 Å². The van der Waals surface area contributed by atoms with Gasteiger partial charge in [0.25, 0.3) is 0 Å². The van der Waals surface area contributed by atoms with Gasteiger partial charge in [0.05, 0.1) is 0 Å². The van der Waals surface area contributed by atoms with Crippen molar-refractivity contribution < 1.29 is 14.3 Å². The Labute approximate surface area is 81.9 Å². The molecular weight excluding hydrogens is 182 g/mol. The molecule has 4 heteroatoms.